The van der Waals surface area contributed by atoms with E-state index in [9.17, 15) is 18.0 Å². The molecule has 1 saturated carbocycles. The molecule has 0 radical (unpaired) electrons. The molecule has 2 aromatic rings. The molecule has 0 saturated heterocycles. The van der Waals surface area contributed by atoms with Crippen LogP contribution >= 0.6 is 11.6 Å². The van der Waals surface area contributed by atoms with Crippen LogP contribution in [0.4, 0.5) is 13.2 Å². The predicted molar refractivity (Wildman–Crippen MR) is 114 cm³/mol. The van der Waals surface area contributed by atoms with Crippen LogP contribution in [0.3, 0.4) is 0 Å². The molecule has 30 heavy (non-hydrogen) atoms. The second-order valence-corrected chi connectivity index (χ2v) is 8.51. The van der Waals surface area contributed by atoms with E-state index in [1.807, 2.05) is 18.2 Å². The number of benzene rings is 2. The number of hydrogen-bond donors (Lipinski definition) is 1. The Labute approximate surface area is 180 Å². The van der Waals surface area contributed by atoms with Crippen molar-refractivity contribution in [3.05, 3.63) is 69.7 Å². The van der Waals surface area contributed by atoms with Crippen LogP contribution in [0, 0.1) is 5.92 Å². The average molecular weight is 438 g/mol. The van der Waals surface area contributed by atoms with Gasteiger partial charge in [-0.05, 0) is 79.8 Å². The van der Waals surface area contributed by atoms with Gasteiger partial charge in [0.25, 0.3) is 5.91 Å². The van der Waals surface area contributed by atoms with Crippen molar-refractivity contribution in [3.8, 4) is 0 Å². The molecule has 1 aliphatic rings. The van der Waals surface area contributed by atoms with E-state index in [4.69, 9.17) is 11.6 Å². The minimum Gasteiger partial charge on any atom is -0.349 e. The maximum absolute atomic E-state index is 12.8. The second-order valence-electron chi connectivity index (χ2n) is 8.10. The van der Waals surface area contributed by atoms with Crippen LogP contribution in [0.5, 0.6) is 0 Å². The van der Waals surface area contributed by atoms with Gasteiger partial charge in [-0.25, -0.2) is 0 Å². The van der Waals surface area contributed by atoms with Gasteiger partial charge in [0.15, 0.2) is 0 Å². The molecule has 1 N–H and O–H groups in total. The Morgan fingerprint density at radius 1 is 1.07 bits per heavy atom. The monoisotopic (exact) mass is 437 g/mol. The summed E-state index contributed by atoms with van der Waals surface area (Å²) in [6.45, 7) is 2.22. The number of amides is 1. The van der Waals surface area contributed by atoms with Gasteiger partial charge in [-0.1, -0.05) is 43.1 Å². The van der Waals surface area contributed by atoms with Crippen molar-refractivity contribution in [2.75, 3.05) is 0 Å². The molecule has 1 fully saturated rings. The molecule has 3 rings (SSSR count). The third-order valence-electron chi connectivity index (χ3n) is 6.01. The quantitative estimate of drug-likeness (QED) is 0.526. The van der Waals surface area contributed by atoms with Crippen LogP contribution in [-0.4, -0.2) is 11.9 Å². The molecule has 6 heteroatoms. The standard InChI is InChI=1S/C24H27ClF3NO/c1-2-16-7-12-21(13-8-16)29-23(30)19-5-3-4-17(14-19)6-9-18-10-11-20(15-22(18)25)24(26,27)28/h3-5,10-11,14-16,21H,2,6-9,12-13H2,1H3,(H,29,30). The van der Waals surface area contributed by atoms with E-state index in [-0.39, 0.29) is 17.0 Å². The number of carbonyl (C=O) groups is 1. The van der Waals surface area contributed by atoms with E-state index in [1.54, 1.807) is 6.07 Å². The number of alkyl halides is 3. The van der Waals surface area contributed by atoms with E-state index in [0.717, 1.165) is 49.3 Å². The van der Waals surface area contributed by atoms with Crippen molar-refractivity contribution in [1.82, 2.24) is 5.32 Å². The van der Waals surface area contributed by atoms with E-state index in [1.165, 1.54) is 12.5 Å². The minimum absolute atomic E-state index is 0.0654. The predicted octanol–water partition coefficient (Wildman–Crippen LogP) is 6.84. The zero-order chi connectivity index (χ0) is 21.7. The van der Waals surface area contributed by atoms with Gasteiger partial charge >= 0.3 is 6.18 Å². The molecule has 0 aliphatic heterocycles. The van der Waals surface area contributed by atoms with Crippen molar-refractivity contribution in [3.63, 3.8) is 0 Å². The summed E-state index contributed by atoms with van der Waals surface area (Å²) in [6.07, 6.45) is 2.26. The van der Waals surface area contributed by atoms with Crippen LogP contribution in [0.1, 0.15) is 66.1 Å². The lowest BCUT2D eigenvalue weighted by Crippen LogP contribution is -2.37. The van der Waals surface area contributed by atoms with E-state index in [0.29, 0.717) is 24.0 Å². The zero-order valence-corrected chi connectivity index (χ0v) is 17.8. The Balaban J connectivity index is 1.58. The molecule has 1 amide bonds. The zero-order valence-electron chi connectivity index (χ0n) is 17.1. The van der Waals surface area contributed by atoms with Crippen molar-refractivity contribution in [1.29, 1.82) is 0 Å². The van der Waals surface area contributed by atoms with Gasteiger partial charge in [0.1, 0.15) is 0 Å². The fourth-order valence-electron chi connectivity index (χ4n) is 4.06. The van der Waals surface area contributed by atoms with Crippen LogP contribution in [-0.2, 0) is 19.0 Å². The normalized spacial score (nSPS) is 19.5. The van der Waals surface area contributed by atoms with E-state index in [2.05, 4.69) is 12.2 Å². The molecule has 0 aromatic heterocycles. The summed E-state index contributed by atoms with van der Waals surface area (Å²) in [4.78, 5) is 12.6. The number of carbonyl (C=O) groups excluding carboxylic acids is 1. The van der Waals surface area contributed by atoms with Gasteiger partial charge in [0.05, 0.1) is 5.56 Å². The maximum Gasteiger partial charge on any atom is 0.416 e. The Hall–Kier alpha value is -2.01. The SMILES string of the molecule is CCC1CCC(NC(=O)c2cccc(CCc3ccc(C(F)(F)F)cc3Cl)c2)CC1. The fraction of sp³-hybridized carbons (Fsp3) is 0.458. The highest BCUT2D eigenvalue weighted by atomic mass is 35.5. The summed E-state index contributed by atoms with van der Waals surface area (Å²) in [6, 6.07) is 11.1. The van der Waals surface area contributed by atoms with Crippen LogP contribution in [0.25, 0.3) is 0 Å². The van der Waals surface area contributed by atoms with E-state index < -0.39 is 11.7 Å². The van der Waals surface area contributed by atoms with Crippen molar-refractivity contribution >= 4 is 17.5 Å². The molecule has 0 unspecified atom stereocenters. The number of rotatable bonds is 6. The van der Waals surface area contributed by atoms with Gasteiger partial charge < -0.3 is 5.32 Å². The fourth-order valence-corrected chi connectivity index (χ4v) is 4.33. The Morgan fingerprint density at radius 2 is 1.80 bits per heavy atom. The summed E-state index contributed by atoms with van der Waals surface area (Å²) in [7, 11) is 0. The number of nitrogens with one attached hydrogen (secondary N) is 1. The Bertz CT molecular complexity index is 873. The van der Waals surface area contributed by atoms with Crippen LogP contribution < -0.4 is 5.32 Å². The summed E-state index contributed by atoms with van der Waals surface area (Å²) in [5, 5.41) is 3.26. The first-order valence-corrected chi connectivity index (χ1v) is 10.9. The lowest BCUT2D eigenvalue weighted by atomic mass is 9.84. The van der Waals surface area contributed by atoms with Gasteiger partial charge in [-0.2, -0.15) is 13.2 Å². The molecule has 1 aliphatic carbocycles. The maximum atomic E-state index is 12.8. The molecule has 0 spiro atoms. The first-order chi connectivity index (χ1) is 14.3. The average Bonchev–Trinajstić information content (AvgIpc) is 2.73. The van der Waals surface area contributed by atoms with E-state index >= 15 is 0 Å². The number of halogens is 4. The number of hydrogen-bond acceptors (Lipinski definition) is 1. The summed E-state index contributed by atoms with van der Waals surface area (Å²) >= 11 is 6.05. The largest absolute Gasteiger partial charge is 0.416 e. The highest BCUT2D eigenvalue weighted by molar-refractivity contribution is 6.31. The van der Waals surface area contributed by atoms with Gasteiger partial charge in [0.2, 0.25) is 0 Å². The molecule has 0 heterocycles. The van der Waals surface area contributed by atoms with Crippen molar-refractivity contribution in [2.45, 2.75) is 64.1 Å². The lowest BCUT2D eigenvalue weighted by Gasteiger charge is -2.28. The highest BCUT2D eigenvalue weighted by Gasteiger charge is 2.30. The Morgan fingerprint density at radius 3 is 2.43 bits per heavy atom. The summed E-state index contributed by atoms with van der Waals surface area (Å²) in [5.41, 5.74) is 1.48. The first-order valence-electron chi connectivity index (χ1n) is 10.5. The molecular weight excluding hydrogens is 411 g/mol. The molecule has 162 valence electrons. The van der Waals surface area contributed by atoms with Crippen LogP contribution in [0.15, 0.2) is 42.5 Å². The lowest BCUT2D eigenvalue weighted by molar-refractivity contribution is -0.137. The molecule has 2 aromatic carbocycles. The third-order valence-corrected chi connectivity index (χ3v) is 6.36. The topological polar surface area (TPSA) is 29.1 Å². The minimum atomic E-state index is -4.40. The number of aryl methyl sites for hydroxylation is 2. The van der Waals surface area contributed by atoms with Gasteiger partial charge in [-0.3, -0.25) is 4.79 Å². The first kappa shape index (κ1) is 22.7. The van der Waals surface area contributed by atoms with Gasteiger partial charge in [0, 0.05) is 16.6 Å². The molecule has 0 bridgehead atoms. The molecule has 0 atom stereocenters. The smallest absolute Gasteiger partial charge is 0.349 e. The third kappa shape index (κ3) is 6.00. The Kier molecular flexibility index (Phi) is 7.45. The van der Waals surface area contributed by atoms with Crippen molar-refractivity contribution in [2.24, 2.45) is 5.92 Å². The molecular formula is C24H27ClF3NO. The summed E-state index contributed by atoms with van der Waals surface area (Å²) in [5.74, 6) is 0.711. The van der Waals surface area contributed by atoms with Crippen LogP contribution in [0.2, 0.25) is 5.02 Å². The highest BCUT2D eigenvalue weighted by Crippen LogP contribution is 2.32. The summed E-state index contributed by atoms with van der Waals surface area (Å²) < 4.78 is 38.3. The second kappa shape index (κ2) is 9.86. The van der Waals surface area contributed by atoms with Crippen molar-refractivity contribution < 1.29 is 18.0 Å². The van der Waals surface area contributed by atoms with Gasteiger partial charge in [-0.15, -0.1) is 0 Å². The molecule has 2 nitrogen and oxygen atoms in total.